The number of carbonyl (C=O) groups excluding carboxylic acids is 1. The summed E-state index contributed by atoms with van der Waals surface area (Å²) in [5, 5.41) is 13.6. The molecule has 0 unspecified atom stereocenters. The van der Waals surface area contributed by atoms with Crippen molar-refractivity contribution in [2.45, 2.75) is 6.92 Å². The molecule has 0 saturated heterocycles. The van der Waals surface area contributed by atoms with E-state index in [0.29, 0.717) is 11.5 Å². The van der Waals surface area contributed by atoms with E-state index >= 15 is 0 Å². The van der Waals surface area contributed by atoms with Crippen LogP contribution in [0.4, 0.5) is 11.5 Å². The molecular weight excluding hydrogens is 308 g/mol. The van der Waals surface area contributed by atoms with Gasteiger partial charge in [0.15, 0.2) is 5.69 Å². The standard InChI is InChI=1S/C13H13BrN4O/c1-2-15-12-7-6-11(17-18-12)13(19)16-10-5-3-4-9(14)8-10/h3-8H,2H2,1H3,(H,15,18)(H,16,19). The minimum Gasteiger partial charge on any atom is -0.369 e. The van der Waals surface area contributed by atoms with Crippen molar-refractivity contribution in [2.24, 2.45) is 0 Å². The molecule has 2 aromatic rings. The van der Waals surface area contributed by atoms with Gasteiger partial charge in [0.25, 0.3) is 5.91 Å². The first kappa shape index (κ1) is 13.5. The average molecular weight is 321 g/mol. The van der Waals surface area contributed by atoms with Gasteiger partial charge in [-0.05, 0) is 37.3 Å². The molecule has 0 saturated carbocycles. The van der Waals surface area contributed by atoms with Gasteiger partial charge in [0.2, 0.25) is 0 Å². The van der Waals surface area contributed by atoms with E-state index in [1.807, 2.05) is 31.2 Å². The molecule has 5 nitrogen and oxygen atoms in total. The number of nitrogens with zero attached hydrogens (tertiary/aromatic N) is 2. The fourth-order valence-electron chi connectivity index (χ4n) is 1.49. The summed E-state index contributed by atoms with van der Waals surface area (Å²) in [5.41, 5.74) is 0.985. The predicted molar refractivity (Wildman–Crippen MR) is 78.3 cm³/mol. The molecule has 2 N–H and O–H groups in total. The summed E-state index contributed by atoms with van der Waals surface area (Å²) in [6.45, 7) is 2.73. The lowest BCUT2D eigenvalue weighted by atomic mass is 10.3. The van der Waals surface area contributed by atoms with Crippen molar-refractivity contribution >= 4 is 33.3 Å². The molecule has 0 aliphatic heterocycles. The van der Waals surface area contributed by atoms with Crippen LogP contribution in [0.1, 0.15) is 17.4 Å². The first-order chi connectivity index (χ1) is 9.19. The number of hydrogen-bond donors (Lipinski definition) is 2. The highest BCUT2D eigenvalue weighted by molar-refractivity contribution is 9.10. The van der Waals surface area contributed by atoms with Gasteiger partial charge in [0.1, 0.15) is 5.82 Å². The summed E-state index contributed by atoms with van der Waals surface area (Å²) >= 11 is 3.35. The maximum Gasteiger partial charge on any atom is 0.276 e. The first-order valence-corrected chi connectivity index (χ1v) is 6.63. The Morgan fingerprint density at radius 2 is 2.11 bits per heavy atom. The summed E-state index contributed by atoms with van der Waals surface area (Å²) in [6, 6.07) is 10.7. The Balaban J connectivity index is 2.07. The number of benzene rings is 1. The Labute approximate surface area is 119 Å². The molecule has 0 aliphatic rings. The normalized spacial score (nSPS) is 10.0. The fraction of sp³-hybridized carbons (Fsp3) is 0.154. The Bertz CT molecular complexity index is 571. The van der Waals surface area contributed by atoms with E-state index in [-0.39, 0.29) is 11.6 Å². The number of aromatic nitrogens is 2. The topological polar surface area (TPSA) is 66.9 Å². The third-order valence-electron chi connectivity index (χ3n) is 2.34. The highest BCUT2D eigenvalue weighted by atomic mass is 79.9. The molecule has 98 valence electrons. The van der Waals surface area contributed by atoms with Gasteiger partial charge in [-0.15, -0.1) is 10.2 Å². The summed E-state index contributed by atoms with van der Waals surface area (Å²) < 4.78 is 0.902. The second-order valence-corrected chi connectivity index (χ2v) is 4.71. The zero-order valence-electron chi connectivity index (χ0n) is 10.4. The van der Waals surface area contributed by atoms with Crippen molar-refractivity contribution in [1.82, 2.24) is 10.2 Å². The van der Waals surface area contributed by atoms with Crippen molar-refractivity contribution < 1.29 is 4.79 Å². The second kappa shape index (κ2) is 6.29. The largest absolute Gasteiger partial charge is 0.369 e. The lowest BCUT2D eigenvalue weighted by Crippen LogP contribution is -2.14. The lowest BCUT2D eigenvalue weighted by molar-refractivity contribution is 0.102. The molecule has 19 heavy (non-hydrogen) atoms. The number of nitrogens with one attached hydrogen (secondary N) is 2. The highest BCUT2D eigenvalue weighted by Gasteiger charge is 2.08. The van der Waals surface area contributed by atoms with Crippen molar-refractivity contribution in [3.05, 3.63) is 46.6 Å². The lowest BCUT2D eigenvalue weighted by Gasteiger charge is -2.05. The third-order valence-corrected chi connectivity index (χ3v) is 2.83. The van der Waals surface area contributed by atoms with Crippen molar-refractivity contribution in [3.8, 4) is 0 Å². The van der Waals surface area contributed by atoms with E-state index in [0.717, 1.165) is 11.0 Å². The Hall–Kier alpha value is -1.95. The molecular formula is C13H13BrN4O. The van der Waals surface area contributed by atoms with Gasteiger partial charge >= 0.3 is 0 Å². The van der Waals surface area contributed by atoms with Crippen LogP contribution in [-0.4, -0.2) is 22.6 Å². The fourth-order valence-corrected chi connectivity index (χ4v) is 1.89. The van der Waals surface area contributed by atoms with Gasteiger partial charge in [0, 0.05) is 16.7 Å². The number of hydrogen-bond acceptors (Lipinski definition) is 4. The third kappa shape index (κ3) is 3.75. The van der Waals surface area contributed by atoms with Gasteiger partial charge in [-0.2, -0.15) is 0 Å². The van der Waals surface area contributed by atoms with Gasteiger partial charge in [-0.1, -0.05) is 22.0 Å². The van der Waals surface area contributed by atoms with Gasteiger partial charge in [-0.3, -0.25) is 4.79 Å². The zero-order valence-corrected chi connectivity index (χ0v) is 11.9. The van der Waals surface area contributed by atoms with Crippen LogP contribution in [-0.2, 0) is 0 Å². The van der Waals surface area contributed by atoms with Crippen LogP contribution in [0, 0.1) is 0 Å². The maximum atomic E-state index is 11.9. The number of carbonyl (C=O) groups is 1. The summed E-state index contributed by atoms with van der Waals surface area (Å²) in [6.07, 6.45) is 0. The number of amides is 1. The summed E-state index contributed by atoms with van der Waals surface area (Å²) in [7, 11) is 0. The van der Waals surface area contributed by atoms with Crippen LogP contribution in [0.3, 0.4) is 0 Å². The van der Waals surface area contributed by atoms with Gasteiger partial charge in [0.05, 0.1) is 0 Å². The molecule has 1 aromatic carbocycles. The predicted octanol–water partition coefficient (Wildman–Crippen LogP) is 2.92. The molecule has 1 amide bonds. The van der Waals surface area contributed by atoms with Crippen molar-refractivity contribution in [2.75, 3.05) is 17.2 Å². The minimum absolute atomic E-state index is 0.279. The van der Waals surface area contributed by atoms with Crippen molar-refractivity contribution in [1.29, 1.82) is 0 Å². The monoisotopic (exact) mass is 320 g/mol. The Morgan fingerprint density at radius 3 is 2.74 bits per heavy atom. The molecule has 6 heteroatoms. The van der Waals surface area contributed by atoms with E-state index in [1.54, 1.807) is 12.1 Å². The molecule has 0 radical (unpaired) electrons. The van der Waals surface area contributed by atoms with E-state index in [9.17, 15) is 4.79 Å². The van der Waals surface area contributed by atoms with Crippen LogP contribution in [0.2, 0.25) is 0 Å². The quantitative estimate of drug-likeness (QED) is 0.909. The molecule has 1 aromatic heterocycles. The smallest absolute Gasteiger partial charge is 0.276 e. The van der Waals surface area contributed by atoms with Gasteiger partial charge in [-0.25, -0.2) is 0 Å². The van der Waals surface area contributed by atoms with Crippen LogP contribution in [0.15, 0.2) is 40.9 Å². The molecule has 0 spiro atoms. The maximum absolute atomic E-state index is 11.9. The molecule has 0 fully saturated rings. The molecule has 1 heterocycles. The van der Waals surface area contributed by atoms with Gasteiger partial charge < -0.3 is 10.6 Å². The Kier molecular flexibility index (Phi) is 4.46. The number of anilines is 2. The van der Waals surface area contributed by atoms with E-state index < -0.39 is 0 Å². The average Bonchev–Trinajstić information content (AvgIpc) is 2.40. The van der Waals surface area contributed by atoms with E-state index in [1.165, 1.54) is 0 Å². The first-order valence-electron chi connectivity index (χ1n) is 5.83. The summed E-state index contributed by atoms with van der Waals surface area (Å²) in [4.78, 5) is 11.9. The molecule has 0 atom stereocenters. The Morgan fingerprint density at radius 1 is 1.26 bits per heavy atom. The van der Waals surface area contributed by atoms with E-state index in [2.05, 4.69) is 36.8 Å². The van der Waals surface area contributed by atoms with Crippen LogP contribution in [0.25, 0.3) is 0 Å². The van der Waals surface area contributed by atoms with E-state index in [4.69, 9.17) is 0 Å². The summed E-state index contributed by atoms with van der Waals surface area (Å²) in [5.74, 6) is 0.371. The molecule has 0 aliphatic carbocycles. The highest BCUT2D eigenvalue weighted by Crippen LogP contribution is 2.16. The SMILES string of the molecule is CCNc1ccc(C(=O)Nc2cccc(Br)c2)nn1. The number of halogens is 1. The van der Waals surface area contributed by atoms with Crippen LogP contribution >= 0.6 is 15.9 Å². The van der Waals surface area contributed by atoms with Crippen molar-refractivity contribution in [3.63, 3.8) is 0 Å². The number of rotatable bonds is 4. The molecule has 0 bridgehead atoms. The zero-order chi connectivity index (χ0) is 13.7. The molecule has 2 rings (SSSR count). The second-order valence-electron chi connectivity index (χ2n) is 3.80. The van der Waals surface area contributed by atoms with Crippen LogP contribution < -0.4 is 10.6 Å². The minimum atomic E-state index is -0.284. The van der Waals surface area contributed by atoms with Crippen LogP contribution in [0.5, 0.6) is 0 Å².